The number of hydrogen-bond acceptors (Lipinski definition) is 4. The molecule has 1 aliphatic carbocycles. The van der Waals surface area contributed by atoms with E-state index in [0.717, 1.165) is 25.7 Å². The SMILES string of the molecule is C#CC(O)(C/C=C/[C@@H]1[C@@H](C/C=C\CCCC(=O)O)[C@@H](O)C[C@H]1O)CCCCCC. The number of aliphatic hydroxyl groups excluding tert-OH is 2. The van der Waals surface area contributed by atoms with Crippen molar-refractivity contribution in [2.45, 2.75) is 95.4 Å². The third kappa shape index (κ3) is 9.62. The number of unbranched alkanes of at least 4 members (excludes halogenated alkanes) is 4. The average molecular weight is 407 g/mol. The number of aliphatic carboxylic acids is 1. The molecule has 1 aliphatic rings. The van der Waals surface area contributed by atoms with Crippen LogP contribution in [0.4, 0.5) is 0 Å². The topological polar surface area (TPSA) is 98.0 Å². The molecule has 0 aromatic rings. The predicted molar refractivity (Wildman–Crippen MR) is 115 cm³/mol. The molecule has 0 bridgehead atoms. The van der Waals surface area contributed by atoms with E-state index in [2.05, 4.69) is 12.8 Å². The molecule has 0 radical (unpaired) electrons. The molecule has 0 aromatic carbocycles. The van der Waals surface area contributed by atoms with E-state index < -0.39 is 23.8 Å². The molecule has 5 atom stereocenters. The van der Waals surface area contributed by atoms with Gasteiger partial charge in [-0.3, -0.25) is 4.79 Å². The monoisotopic (exact) mass is 406 g/mol. The van der Waals surface area contributed by atoms with Crippen molar-refractivity contribution in [3.8, 4) is 12.3 Å². The summed E-state index contributed by atoms with van der Waals surface area (Å²) in [6.45, 7) is 2.14. The molecule has 164 valence electrons. The van der Waals surface area contributed by atoms with Crippen molar-refractivity contribution in [1.82, 2.24) is 0 Å². The van der Waals surface area contributed by atoms with Crippen LogP contribution in [0.25, 0.3) is 0 Å². The van der Waals surface area contributed by atoms with Crippen molar-refractivity contribution in [1.29, 1.82) is 0 Å². The van der Waals surface area contributed by atoms with Crippen molar-refractivity contribution < 1.29 is 25.2 Å². The first-order valence-electron chi connectivity index (χ1n) is 10.9. The zero-order chi connectivity index (χ0) is 21.7. The van der Waals surface area contributed by atoms with E-state index >= 15 is 0 Å². The molecule has 5 nitrogen and oxygen atoms in total. The Labute approximate surface area is 175 Å². The van der Waals surface area contributed by atoms with E-state index in [1.54, 1.807) is 0 Å². The Bertz CT molecular complexity index is 576. The molecule has 0 heterocycles. The Morgan fingerprint density at radius 1 is 1.14 bits per heavy atom. The lowest BCUT2D eigenvalue weighted by atomic mass is 9.88. The zero-order valence-corrected chi connectivity index (χ0v) is 17.7. The highest BCUT2D eigenvalue weighted by molar-refractivity contribution is 5.66. The molecule has 0 saturated heterocycles. The van der Waals surface area contributed by atoms with E-state index in [1.165, 1.54) is 0 Å². The average Bonchev–Trinajstić information content (AvgIpc) is 2.94. The smallest absolute Gasteiger partial charge is 0.303 e. The fourth-order valence-electron chi connectivity index (χ4n) is 3.95. The summed E-state index contributed by atoms with van der Waals surface area (Å²) in [7, 11) is 0. The molecule has 1 saturated carbocycles. The second-order valence-electron chi connectivity index (χ2n) is 8.22. The van der Waals surface area contributed by atoms with Gasteiger partial charge in [0.15, 0.2) is 0 Å². The molecule has 1 fully saturated rings. The fourth-order valence-corrected chi connectivity index (χ4v) is 3.95. The number of carboxylic acids is 1. The van der Waals surface area contributed by atoms with Crippen LogP contribution in [0.5, 0.6) is 0 Å². The Morgan fingerprint density at radius 3 is 2.55 bits per heavy atom. The van der Waals surface area contributed by atoms with Crippen LogP contribution in [-0.4, -0.2) is 44.2 Å². The van der Waals surface area contributed by atoms with Crippen LogP contribution in [0.15, 0.2) is 24.3 Å². The van der Waals surface area contributed by atoms with Gasteiger partial charge in [0.25, 0.3) is 0 Å². The molecule has 1 unspecified atom stereocenters. The van der Waals surface area contributed by atoms with Crippen LogP contribution in [0, 0.1) is 24.2 Å². The Hall–Kier alpha value is -1.61. The third-order valence-corrected chi connectivity index (χ3v) is 5.78. The molecule has 1 rings (SSSR count). The summed E-state index contributed by atoms with van der Waals surface area (Å²) in [6, 6.07) is 0. The van der Waals surface area contributed by atoms with Crippen molar-refractivity contribution in [3.05, 3.63) is 24.3 Å². The standard InChI is InChI=1S/C24H38O5/c1-3-5-6-11-16-24(29,4-2)17-12-14-20-19(21(25)18-22(20)26)13-9-7-8-10-15-23(27)28/h2,7,9,12,14,19-22,25-26,29H,3,5-6,8,10-11,13,15-18H2,1H3,(H,27,28)/b9-7-,14-12+/t19-,20-,21+,22-,24?/m1/s1. The van der Waals surface area contributed by atoms with Gasteiger partial charge in [0, 0.05) is 25.2 Å². The van der Waals surface area contributed by atoms with E-state index in [0.29, 0.717) is 38.5 Å². The van der Waals surface area contributed by atoms with Gasteiger partial charge in [-0.15, -0.1) is 6.42 Å². The molecular weight excluding hydrogens is 368 g/mol. The number of rotatable bonds is 14. The van der Waals surface area contributed by atoms with E-state index in [4.69, 9.17) is 11.5 Å². The minimum atomic E-state index is -1.16. The summed E-state index contributed by atoms with van der Waals surface area (Å²) in [4.78, 5) is 10.5. The van der Waals surface area contributed by atoms with E-state index in [-0.39, 0.29) is 18.3 Å². The van der Waals surface area contributed by atoms with Crippen LogP contribution in [0.3, 0.4) is 0 Å². The Kier molecular flexibility index (Phi) is 11.9. The lowest BCUT2D eigenvalue weighted by Gasteiger charge is -2.22. The first-order valence-corrected chi connectivity index (χ1v) is 10.9. The highest BCUT2D eigenvalue weighted by Crippen LogP contribution is 2.36. The summed E-state index contributed by atoms with van der Waals surface area (Å²) in [6.07, 6.45) is 19.5. The maximum Gasteiger partial charge on any atom is 0.303 e. The van der Waals surface area contributed by atoms with Crippen LogP contribution in [0.1, 0.15) is 77.6 Å². The molecular formula is C24H38O5. The summed E-state index contributed by atoms with van der Waals surface area (Å²) in [5.41, 5.74) is -1.16. The molecule has 0 amide bonds. The van der Waals surface area contributed by atoms with Gasteiger partial charge in [-0.2, -0.15) is 0 Å². The van der Waals surface area contributed by atoms with Crippen LogP contribution in [-0.2, 0) is 4.79 Å². The van der Waals surface area contributed by atoms with Gasteiger partial charge in [-0.1, -0.05) is 56.4 Å². The maximum atomic E-state index is 10.6. The molecule has 5 heteroatoms. The predicted octanol–water partition coefficient (Wildman–Crippen LogP) is 3.83. The summed E-state index contributed by atoms with van der Waals surface area (Å²) >= 11 is 0. The first kappa shape index (κ1) is 25.4. The van der Waals surface area contributed by atoms with Gasteiger partial charge in [-0.25, -0.2) is 0 Å². The van der Waals surface area contributed by atoms with Gasteiger partial charge < -0.3 is 20.4 Å². The van der Waals surface area contributed by atoms with Gasteiger partial charge in [0.1, 0.15) is 5.60 Å². The number of allylic oxidation sites excluding steroid dienone is 2. The number of hydrogen-bond donors (Lipinski definition) is 4. The molecule has 0 aliphatic heterocycles. The number of terminal acetylenes is 1. The van der Waals surface area contributed by atoms with Crippen molar-refractivity contribution in [3.63, 3.8) is 0 Å². The molecule has 4 N–H and O–H groups in total. The van der Waals surface area contributed by atoms with Crippen LogP contribution in [0.2, 0.25) is 0 Å². The van der Waals surface area contributed by atoms with Crippen LogP contribution >= 0.6 is 0 Å². The van der Waals surface area contributed by atoms with Crippen LogP contribution < -0.4 is 0 Å². The highest BCUT2D eigenvalue weighted by atomic mass is 16.4. The summed E-state index contributed by atoms with van der Waals surface area (Å²) in [5.74, 6) is 1.44. The van der Waals surface area contributed by atoms with Gasteiger partial charge >= 0.3 is 5.97 Å². The second kappa shape index (κ2) is 13.6. The zero-order valence-electron chi connectivity index (χ0n) is 17.7. The maximum absolute atomic E-state index is 10.6. The Morgan fingerprint density at radius 2 is 1.90 bits per heavy atom. The van der Waals surface area contributed by atoms with Crippen molar-refractivity contribution in [2.24, 2.45) is 11.8 Å². The molecule has 0 spiro atoms. The summed E-state index contributed by atoms with van der Waals surface area (Å²) in [5, 5.41) is 39.8. The Balaban J connectivity index is 2.56. The third-order valence-electron chi connectivity index (χ3n) is 5.78. The van der Waals surface area contributed by atoms with Gasteiger partial charge in [-0.05, 0) is 38.0 Å². The molecule has 0 aromatic heterocycles. The quantitative estimate of drug-likeness (QED) is 0.200. The second-order valence-corrected chi connectivity index (χ2v) is 8.22. The highest BCUT2D eigenvalue weighted by Gasteiger charge is 2.39. The van der Waals surface area contributed by atoms with Gasteiger partial charge in [0.2, 0.25) is 0 Å². The number of carbonyl (C=O) groups is 1. The minimum Gasteiger partial charge on any atom is -0.481 e. The fraction of sp³-hybridized carbons (Fsp3) is 0.708. The van der Waals surface area contributed by atoms with E-state index in [9.17, 15) is 20.1 Å². The lowest BCUT2D eigenvalue weighted by Crippen LogP contribution is -2.26. The largest absolute Gasteiger partial charge is 0.481 e. The first-order chi connectivity index (χ1) is 13.8. The normalized spacial score (nSPS) is 26.7. The molecule has 29 heavy (non-hydrogen) atoms. The minimum absolute atomic E-state index is 0.0968. The van der Waals surface area contributed by atoms with Crippen molar-refractivity contribution >= 4 is 5.97 Å². The van der Waals surface area contributed by atoms with E-state index in [1.807, 2.05) is 24.3 Å². The number of carboxylic acid groups (broad SMARTS) is 1. The summed E-state index contributed by atoms with van der Waals surface area (Å²) < 4.78 is 0. The lowest BCUT2D eigenvalue weighted by molar-refractivity contribution is -0.137. The van der Waals surface area contributed by atoms with Gasteiger partial charge in [0.05, 0.1) is 12.2 Å². The number of aliphatic hydroxyl groups is 3. The van der Waals surface area contributed by atoms with Crippen molar-refractivity contribution in [2.75, 3.05) is 0 Å².